The van der Waals surface area contributed by atoms with E-state index in [1.807, 2.05) is 65.0 Å². The molecular weight excluding hydrogens is 468 g/mol. The first-order valence-electron chi connectivity index (χ1n) is 13.0. The van der Waals surface area contributed by atoms with Gasteiger partial charge in [-0.15, -0.1) is 0 Å². The van der Waals surface area contributed by atoms with E-state index < -0.39 is 5.41 Å². The fraction of sp³-hybridized carbons (Fsp3) is 0.353. The van der Waals surface area contributed by atoms with E-state index in [0.717, 1.165) is 44.9 Å². The number of allylic oxidation sites excluding steroid dienone is 4. The van der Waals surface area contributed by atoms with Gasteiger partial charge in [-0.2, -0.15) is 0 Å². The van der Waals surface area contributed by atoms with E-state index in [4.69, 9.17) is 4.99 Å². The number of hydrogen-bond donors (Lipinski definition) is 0. The van der Waals surface area contributed by atoms with Crippen LogP contribution < -0.4 is 0 Å². The Bertz CT molecular complexity index is 1230. The molecule has 2 aromatic carbocycles. The fourth-order valence-electron chi connectivity index (χ4n) is 4.01. The maximum absolute atomic E-state index is 11.6. The topological polar surface area (TPSA) is 49.7 Å². The van der Waals surface area contributed by atoms with Crippen LogP contribution in [0.2, 0.25) is 0 Å². The van der Waals surface area contributed by atoms with E-state index in [-0.39, 0.29) is 5.78 Å². The number of carbonyl (C=O) groups excluding carboxylic acids is 2. The van der Waals surface area contributed by atoms with Crippen molar-refractivity contribution in [3.8, 4) is 0 Å². The molecule has 2 rings (SSSR count). The van der Waals surface area contributed by atoms with E-state index in [0.29, 0.717) is 19.4 Å². The lowest BCUT2D eigenvalue weighted by atomic mass is 9.70. The van der Waals surface area contributed by atoms with E-state index in [1.165, 1.54) is 0 Å². The van der Waals surface area contributed by atoms with Crippen molar-refractivity contribution < 1.29 is 9.59 Å². The van der Waals surface area contributed by atoms with Crippen LogP contribution in [0, 0.1) is 13.8 Å². The SMILES string of the molecule is C=C(CC(C=C=O)(C(=C)C)c1cc(C)ccc1C)N(C)C/C(=C/C)N=C(C)c1ccccc1.CCC(C)=O. The first kappa shape index (κ1) is 32.3. The molecule has 0 bridgehead atoms. The molecule has 0 aliphatic rings. The van der Waals surface area contributed by atoms with Gasteiger partial charge in [0.05, 0.1) is 12.2 Å². The Labute approximate surface area is 230 Å². The van der Waals surface area contributed by atoms with Gasteiger partial charge in [0.25, 0.3) is 0 Å². The number of likely N-dealkylation sites (N-methyl/N-ethyl adjacent to an activating group) is 1. The second kappa shape index (κ2) is 15.5. The summed E-state index contributed by atoms with van der Waals surface area (Å²) in [4.78, 5) is 28.4. The van der Waals surface area contributed by atoms with Crippen molar-refractivity contribution in [3.05, 3.63) is 113 Å². The van der Waals surface area contributed by atoms with E-state index >= 15 is 0 Å². The molecule has 202 valence electrons. The minimum atomic E-state index is -0.664. The van der Waals surface area contributed by atoms with Crippen LogP contribution in [-0.4, -0.2) is 35.9 Å². The van der Waals surface area contributed by atoms with Crippen molar-refractivity contribution in [2.24, 2.45) is 4.99 Å². The van der Waals surface area contributed by atoms with Gasteiger partial charge in [-0.1, -0.05) is 85.8 Å². The van der Waals surface area contributed by atoms with Crippen molar-refractivity contribution in [1.82, 2.24) is 4.90 Å². The molecular formula is C34H44N2O2. The zero-order valence-electron chi connectivity index (χ0n) is 24.5. The maximum atomic E-state index is 11.6. The Balaban J connectivity index is 0.00000132. The van der Waals surface area contributed by atoms with Crippen LogP contribution >= 0.6 is 0 Å². The fourth-order valence-corrected chi connectivity index (χ4v) is 4.01. The molecule has 0 aliphatic heterocycles. The molecule has 38 heavy (non-hydrogen) atoms. The summed E-state index contributed by atoms with van der Waals surface area (Å²) in [6, 6.07) is 16.5. The summed E-state index contributed by atoms with van der Waals surface area (Å²) < 4.78 is 0. The van der Waals surface area contributed by atoms with Crippen LogP contribution in [0.25, 0.3) is 0 Å². The van der Waals surface area contributed by atoms with Gasteiger partial charge in [0.1, 0.15) is 11.7 Å². The lowest BCUT2D eigenvalue weighted by Gasteiger charge is -2.36. The van der Waals surface area contributed by atoms with Gasteiger partial charge in [-0.25, -0.2) is 4.79 Å². The molecule has 0 aromatic heterocycles. The third-order valence-electron chi connectivity index (χ3n) is 6.70. The lowest BCUT2D eigenvalue weighted by molar-refractivity contribution is -0.116. The van der Waals surface area contributed by atoms with Crippen LogP contribution in [0.5, 0.6) is 0 Å². The second-order valence-electron chi connectivity index (χ2n) is 9.83. The highest BCUT2D eigenvalue weighted by Gasteiger charge is 2.34. The van der Waals surface area contributed by atoms with Crippen molar-refractivity contribution >= 4 is 17.4 Å². The van der Waals surface area contributed by atoms with Crippen LogP contribution in [0.4, 0.5) is 0 Å². The standard InChI is InChI=1S/C30H36N2O.C4H8O/c1-9-28(31-26(7)27-13-11-10-12-14-27)21-32(8)25(6)20-30(17-18-33,22(2)3)29-19-23(4)15-16-24(29)5;1-3-4(2)5/h9-17,19H,2,6,20-21H2,1,3-5,7-8H3;3H2,1-2H3/b28-9-,31-26?;. The highest BCUT2D eigenvalue weighted by atomic mass is 16.1. The number of aryl methyl sites for hydroxylation is 2. The quantitative estimate of drug-likeness (QED) is 0.176. The van der Waals surface area contributed by atoms with Gasteiger partial charge in [-0.3, -0.25) is 4.99 Å². The summed E-state index contributed by atoms with van der Waals surface area (Å²) in [5.41, 5.74) is 7.47. The summed E-state index contributed by atoms with van der Waals surface area (Å²) in [5, 5.41) is 0. The normalized spacial score (nSPS) is 12.8. The summed E-state index contributed by atoms with van der Waals surface area (Å²) in [6.07, 6.45) is 4.83. The molecule has 0 heterocycles. The molecule has 0 radical (unpaired) electrons. The Morgan fingerprint density at radius 3 is 2.18 bits per heavy atom. The van der Waals surface area contributed by atoms with E-state index in [9.17, 15) is 9.59 Å². The number of hydrogen-bond acceptors (Lipinski definition) is 4. The first-order chi connectivity index (χ1) is 17.9. The number of rotatable bonds is 11. The number of carbonyl (C=O) groups is 1. The molecule has 2 aromatic rings. The molecule has 4 nitrogen and oxygen atoms in total. The lowest BCUT2D eigenvalue weighted by Crippen LogP contribution is -2.31. The predicted octanol–water partition coefficient (Wildman–Crippen LogP) is 7.74. The highest BCUT2D eigenvalue weighted by Crippen LogP contribution is 2.40. The van der Waals surface area contributed by atoms with Crippen LogP contribution in [-0.2, 0) is 15.0 Å². The van der Waals surface area contributed by atoms with Crippen molar-refractivity contribution in [1.29, 1.82) is 0 Å². The third kappa shape index (κ3) is 9.28. The van der Waals surface area contributed by atoms with E-state index in [2.05, 4.69) is 62.2 Å². The van der Waals surface area contributed by atoms with Crippen molar-refractivity contribution in [2.45, 2.75) is 66.7 Å². The first-order valence-corrected chi connectivity index (χ1v) is 13.0. The van der Waals surface area contributed by atoms with Gasteiger partial charge in [-0.05, 0) is 58.2 Å². The molecule has 0 amide bonds. The van der Waals surface area contributed by atoms with Crippen LogP contribution in [0.15, 0.2) is 95.8 Å². The Hall–Kier alpha value is -3.75. The Morgan fingerprint density at radius 1 is 1.08 bits per heavy atom. The Kier molecular flexibility index (Phi) is 13.2. The van der Waals surface area contributed by atoms with E-state index in [1.54, 1.807) is 13.0 Å². The maximum Gasteiger partial charge on any atom is 0.129 e. The molecule has 4 heteroatoms. The Morgan fingerprint density at radius 2 is 1.68 bits per heavy atom. The smallest absolute Gasteiger partial charge is 0.129 e. The monoisotopic (exact) mass is 512 g/mol. The molecule has 0 fully saturated rings. The third-order valence-corrected chi connectivity index (χ3v) is 6.70. The largest absolute Gasteiger partial charge is 0.372 e. The average Bonchev–Trinajstić information content (AvgIpc) is 2.89. The van der Waals surface area contributed by atoms with Crippen LogP contribution in [0.3, 0.4) is 0 Å². The summed E-state index contributed by atoms with van der Waals surface area (Å²) >= 11 is 0. The number of benzene rings is 2. The van der Waals surface area contributed by atoms with Crippen LogP contribution in [0.1, 0.15) is 69.7 Å². The van der Waals surface area contributed by atoms with Gasteiger partial charge >= 0.3 is 0 Å². The minimum Gasteiger partial charge on any atom is -0.372 e. The molecule has 1 unspecified atom stereocenters. The van der Waals surface area contributed by atoms with Gasteiger partial charge in [0.15, 0.2) is 0 Å². The number of aliphatic imine (C=N–C) groups is 1. The zero-order valence-corrected chi connectivity index (χ0v) is 24.5. The van der Waals surface area contributed by atoms with Gasteiger partial charge in [0, 0.05) is 42.8 Å². The predicted molar refractivity (Wildman–Crippen MR) is 162 cm³/mol. The van der Waals surface area contributed by atoms with Gasteiger partial charge < -0.3 is 9.69 Å². The van der Waals surface area contributed by atoms with Crippen molar-refractivity contribution in [3.63, 3.8) is 0 Å². The molecule has 0 spiro atoms. The molecule has 0 N–H and O–H groups in total. The summed E-state index contributed by atoms with van der Waals surface area (Å²) in [5.74, 6) is 2.30. The highest BCUT2D eigenvalue weighted by molar-refractivity contribution is 5.99. The van der Waals surface area contributed by atoms with Crippen molar-refractivity contribution in [2.75, 3.05) is 13.6 Å². The molecule has 0 saturated carbocycles. The number of Topliss-reactive ketones (excluding diaryl/α,β-unsaturated/α-hetero) is 1. The molecule has 1 atom stereocenters. The summed E-state index contributed by atoms with van der Waals surface area (Å²) in [6.45, 7) is 22.8. The number of ketones is 1. The minimum absolute atomic E-state index is 0.255. The molecule has 0 aliphatic carbocycles. The average molecular weight is 513 g/mol. The molecule has 0 saturated heterocycles. The number of nitrogens with zero attached hydrogens (tertiary/aromatic N) is 2. The summed E-state index contributed by atoms with van der Waals surface area (Å²) in [7, 11) is 2.01. The second-order valence-corrected chi connectivity index (χ2v) is 9.83. The zero-order chi connectivity index (χ0) is 28.9. The van der Waals surface area contributed by atoms with Gasteiger partial charge in [0.2, 0.25) is 0 Å².